The number of carbonyl (C=O) groups is 2. The van der Waals surface area contributed by atoms with Gasteiger partial charge in [0.1, 0.15) is 0 Å². The van der Waals surface area contributed by atoms with Crippen LogP contribution in [0.15, 0.2) is 5.51 Å². The third-order valence-corrected chi connectivity index (χ3v) is 5.02. The molecule has 1 aliphatic rings. The van der Waals surface area contributed by atoms with Gasteiger partial charge < -0.3 is 9.80 Å². The zero-order valence-electron chi connectivity index (χ0n) is 13.1. The Morgan fingerprint density at radius 3 is 2.81 bits per heavy atom. The summed E-state index contributed by atoms with van der Waals surface area (Å²) in [5, 5.41) is 0. The molecule has 21 heavy (non-hydrogen) atoms. The van der Waals surface area contributed by atoms with Gasteiger partial charge in [0, 0.05) is 43.9 Å². The van der Waals surface area contributed by atoms with Crippen LogP contribution in [-0.2, 0) is 16.0 Å². The van der Waals surface area contributed by atoms with Crippen LogP contribution in [0, 0.1) is 12.8 Å². The van der Waals surface area contributed by atoms with Crippen LogP contribution in [-0.4, -0.2) is 52.8 Å². The molecule has 6 heteroatoms. The third kappa shape index (κ3) is 3.61. The number of rotatable bonds is 5. The SMILES string of the molecule is Cc1ncsc1CCN(C)C(=O)[C@H]1CC(=O)N(C(C)C)C1. The summed E-state index contributed by atoms with van der Waals surface area (Å²) in [4.78, 5) is 33.3. The second-order valence-corrected chi connectivity index (χ2v) is 6.85. The Morgan fingerprint density at radius 1 is 1.57 bits per heavy atom. The molecule has 2 rings (SSSR count). The normalized spacial score (nSPS) is 18.6. The van der Waals surface area contributed by atoms with Crippen molar-refractivity contribution in [3.05, 3.63) is 16.1 Å². The van der Waals surface area contributed by atoms with Crippen molar-refractivity contribution in [2.24, 2.45) is 5.92 Å². The molecule has 2 heterocycles. The molecule has 116 valence electrons. The van der Waals surface area contributed by atoms with Crippen molar-refractivity contribution in [1.82, 2.24) is 14.8 Å². The van der Waals surface area contributed by atoms with E-state index in [0.717, 1.165) is 12.1 Å². The highest BCUT2D eigenvalue weighted by Crippen LogP contribution is 2.22. The molecule has 0 aromatic carbocycles. The molecule has 1 aromatic rings. The quantitative estimate of drug-likeness (QED) is 0.832. The van der Waals surface area contributed by atoms with E-state index >= 15 is 0 Å². The maximum absolute atomic E-state index is 12.4. The number of likely N-dealkylation sites (N-methyl/N-ethyl adjacent to an activating group) is 1. The Balaban J connectivity index is 1.88. The van der Waals surface area contributed by atoms with Gasteiger partial charge in [-0.05, 0) is 20.8 Å². The summed E-state index contributed by atoms with van der Waals surface area (Å²) in [6, 6.07) is 0.167. The fourth-order valence-electron chi connectivity index (χ4n) is 2.65. The van der Waals surface area contributed by atoms with Gasteiger partial charge in [-0.3, -0.25) is 9.59 Å². The van der Waals surface area contributed by atoms with Gasteiger partial charge in [0.05, 0.1) is 17.1 Å². The summed E-state index contributed by atoms with van der Waals surface area (Å²) in [6.45, 7) is 7.19. The van der Waals surface area contributed by atoms with Crippen molar-refractivity contribution in [2.45, 2.75) is 39.7 Å². The van der Waals surface area contributed by atoms with Crippen LogP contribution < -0.4 is 0 Å². The number of aryl methyl sites for hydroxylation is 1. The molecular formula is C15H23N3O2S. The Bertz CT molecular complexity index is 527. The minimum absolute atomic E-state index is 0.0775. The zero-order valence-corrected chi connectivity index (χ0v) is 13.9. The molecule has 0 N–H and O–H groups in total. The van der Waals surface area contributed by atoms with Crippen LogP contribution in [0.1, 0.15) is 30.8 Å². The first kappa shape index (κ1) is 15.9. The minimum Gasteiger partial charge on any atom is -0.345 e. The third-order valence-electron chi connectivity index (χ3n) is 4.03. The highest BCUT2D eigenvalue weighted by atomic mass is 32.1. The molecule has 0 unspecified atom stereocenters. The van der Waals surface area contributed by atoms with E-state index in [-0.39, 0.29) is 23.8 Å². The van der Waals surface area contributed by atoms with Gasteiger partial charge in [0.2, 0.25) is 11.8 Å². The first-order chi connectivity index (χ1) is 9.90. The van der Waals surface area contributed by atoms with Crippen molar-refractivity contribution >= 4 is 23.2 Å². The molecular weight excluding hydrogens is 286 g/mol. The van der Waals surface area contributed by atoms with Gasteiger partial charge in [-0.25, -0.2) is 4.98 Å². The summed E-state index contributed by atoms with van der Waals surface area (Å²) >= 11 is 1.63. The molecule has 1 aromatic heterocycles. The molecule has 2 amide bonds. The molecule has 1 saturated heterocycles. The van der Waals surface area contributed by atoms with Crippen LogP contribution >= 0.6 is 11.3 Å². The van der Waals surface area contributed by atoms with Crippen molar-refractivity contribution < 1.29 is 9.59 Å². The lowest BCUT2D eigenvalue weighted by Crippen LogP contribution is -2.37. The highest BCUT2D eigenvalue weighted by molar-refractivity contribution is 7.09. The Morgan fingerprint density at radius 2 is 2.29 bits per heavy atom. The summed E-state index contributed by atoms with van der Waals surface area (Å²) in [7, 11) is 1.82. The standard InChI is InChI=1S/C15H23N3O2S/c1-10(2)18-8-12(7-14(18)19)15(20)17(4)6-5-13-11(3)16-9-21-13/h9-10,12H,5-8H2,1-4H3/t12-/m0/s1. The van der Waals surface area contributed by atoms with E-state index in [4.69, 9.17) is 0 Å². The second kappa shape index (κ2) is 6.56. The van der Waals surface area contributed by atoms with E-state index < -0.39 is 0 Å². The fourth-order valence-corrected chi connectivity index (χ4v) is 3.42. The van der Waals surface area contributed by atoms with Crippen LogP contribution in [0.2, 0.25) is 0 Å². The number of hydrogen-bond donors (Lipinski definition) is 0. The summed E-state index contributed by atoms with van der Waals surface area (Å²) < 4.78 is 0. The first-order valence-corrected chi connectivity index (χ1v) is 8.21. The number of hydrogen-bond acceptors (Lipinski definition) is 4. The van der Waals surface area contributed by atoms with E-state index in [2.05, 4.69) is 4.98 Å². The predicted molar refractivity (Wildman–Crippen MR) is 83.1 cm³/mol. The average molecular weight is 309 g/mol. The van der Waals surface area contributed by atoms with Gasteiger partial charge in [-0.1, -0.05) is 0 Å². The van der Waals surface area contributed by atoms with Crippen LogP contribution in [0.5, 0.6) is 0 Å². The topological polar surface area (TPSA) is 53.5 Å². The van der Waals surface area contributed by atoms with Crippen molar-refractivity contribution in [1.29, 1.82) is 0 Å². The van der Waals surface area contributed by atoms with Crippen molar-refractivity contribution in [3.63, 3.8) is 0 Å². The number of aromatic nitrogens is 1. The lowest BCUT2D eigenvalue weighted by molar-refractivity contribution is -0.134. The summed E-state index contributed by atoms with van der Waals surface area (Å²) in [5.41, 5.74) is 2.88. The predicted octanol–water partition coefficient (Wildman–Crippen LogP) is 1.71. The lowest BCUT2D eigenvalue weighted by atomic mass is 10.1. The van der Waals surface area contributed by atoms with Crippen LogP contribution in [0.25, 0.3) is 0 Å². The van der Waals surface area contributed by atoms with Crippen LogP contribution in [0.4, 0.5) is 0 Å². The van der Waals surface area contributed by atoms with E-state index in [1.807, 2.05) is 33.3 Å². The van der Waals surface area contributed by atoms with Crippen LogP contribution in [0.3, 0.4) is 0 Å². The molecule has 0 aliphatic carbocycles. The van der Waals surface area contributed by atoms with Crippen molar-refractivity contribution in [3.8, 4) is 0 Å². The highest BCUT2D eigenvalue weighted by Gasteiger charge is 2.36. The van der Waals surface area contributed by atoms with Gasteiger partial charge in [-0.2, -0.15) is 0 Å². The Hall–Kier alpha value is -1.43. The monoisotopic (exact) mass is 309 g/mol. The fraction of sp³-hybridized carbons (Fsp3) is 0.667. The maximum Gasteiger partial charge on any atom is 0.227 e. The molecule has 1 fully saturated rings. The number of likely N-dealkylation sites (tertiary alicyclic amines) is 1. The molecule has 5 nitrogen and oxygen atoms in total. The minimum atomic E-state index is -0.188. The lowest BCUT2D eigenvalue weighted by Gasteiger charge is -2.23. The van der Waals surface area contributed by atoms with Gasteiger partial charge in [-0.15, -0.1) is 11.3 Å². The molecule has 0 bridgehead atoms. The molecule has 0 radical (unpaired) electrons. The summed E-state index contributed by atoms with van der Waals surface area (Å²) in [6.07, 6.45) is 1.17. The number of thiazole rings is 1. The molecule has 0 spiro atoms. The Kier molecular flexibility index (Phi) is 4.98. The van der Waals surface area contributed by atoms with E-state index in [9.17, 15) is 9.59 Å². The maximum atomic E-state index is 12.4. The smallest absolute Gasteiger partial charge is 0.227 e. The summed E-state index contributed by atoms with van der Waals surface area (Å²) in [5.74, 6) is -0.0174. The van der Waals surface area contributed by atoms with E-state index in [1.165, 1.54) is 4.88 Å². The molecule has 1 aliphatic heterocycles. The largest absolute Gasteiger partial charge is 0.345 e. The number of amides is 2. The number of carbonyl (C=O) groups excluding carboxylic acids is 2. The Labute approximate surface area is 130 Å². The second-order valence-electron chi connectivity index (χ2n) is 5.91. The molecule has 1 atom stereocenters. The van der Waals surface area contributed by atoms with Gasteiger partial charge >= 0.3 is 0 Å². The van der Waals surface area contributed by atoms with Gasteiger partial charge in [0.25, 0.3) is 0 Å². The zero-order chi connectivity index (χ0) is 15.6. The first-order valence-electron chi connectivity index (χ1n) is 7.33. The van der Waals surface area contributed by atoms with E-state index in [1.54, 1.807) is 21.1 Å². The van der Waals surface area contributed by atoms with E-state index in [0.29, 0.717) is 19.5 Å². The average Bonchev–Trinajstić information content (AvgIpc) is 3.01. The van der Waals surface area contributed by atoms with Gasteiger partial charge in [0.15, 0.2) is 0 Å². The molecule has 0 saturated carbocycles. The number of nitrogens with zero attached hydrogens (tertiary/aromatic N) is 3. The van der Waals surface area contributed by atoms with Crippen molar-refractivity contribution in [2.75, 3.05) is 20.1 Å².